The van der Waals surface area contributed by atoms with E-state index in [2.05, 4.69) is 10.3 Å². The fraction of sp³-hybridized carbons (Fsp3) is 0.250. The number of nitrogens with zero attached hydrogens (tertiary/aromatic N) is 1. The maximum atomic E-state index is 12.2. The summed E-state index contributed by atoms with van der Waals surface area (Å²) < 4.78 is 30.1. The largest absolute Gasteiger partial charge is 0.462 e. The van der Waals surface area contributed by atoms with Gasteiger partial charge in [0.2, 0.25) is 5.91 Å². The Morgan fingerprint density at radius 1 is 1.14 bits per heavy atom. The Kier molecular flexibility index (Phi) is 6.60. The zero-order valence-electron chi connectivity index (χ0n) is 15.8. The van der Waals surface area contributed by atoms with Crippen LogP contribution >= 0.6 is 11.3 Å². The average molecular weight is 433 g/mol. The Morgan fingerprint density at radius 3 is 2.62 bits per heavy atom. The van der Waals surface area contributed by atoms with Crippen molar-refractivity contribution in [2.45, 2.75) is 19.1 Å². The summed E-state index contributed by atoms with van der Waals surface area (Å²) in [5.74, 6) is -1.19. The van der Waals surface area contributed by atoms with Gasteiger partial charge in [-0.15, -0.1) is 0 Å². The van der Waals surface area contributed by atoms with Gasteiger partial charge in [-0.25, -0.2) is 18.2 Å². The molecule has 1 amide bonds. The molecule has 0 aliphatic rings. The van der Waals surface area contributed by atoms with E-state index in [4.69, 9.17) is 4.74 Å². The number of rotatable bonds is 8. The lowest BCUT2D eigenvalue weighted by atomic mass is 10.2. The van der Waals surface area contributed by atoms with Crippen molar-refractivity contribution in [1.29, 1.82) is 0 Å². The summed E-state index contributed by atoms with van der Waals surface area (Å²) in [6, 6.07) is 13.8. The number of ether oxygens (including phenoxy) is 1. The maximum absolute atomic E-state index is 12.2. The summed E-state index contributed by atoms with van der Waals surface area (Å²) in [7, 11) is -3.40. The number of carbonyl (C=O) groups is 2. The van der Waals surface area contributed by atoms with E-state index >= 15 is 0 Å². The average Bonchev–Trinajstić information content (AvgIpc) is 3.08. The lowest BCUT2D eigenvalue weighted by molar-refractivity contribution is -0.115. The number of nitrogens with one attached hydrogen (secondary N) is 1. The third-order valence-electron chi connectivity index (χ3n) is 4.02. The van der Waals surface area contributed by atoms with Crippen LogP contribution in [0.3, 0.4) is 0 Å². The monoisotopic (exact) mass is 432 g/mol. The minimum atomic E-state index is -3.40. The van der Waals surface area contributed by atoms with E-state index in [1.165, 1.54) is 11.3 Å². The van der Waals surface area contributed by atoms with Gasteiger partial charge in [0.25, 0.3) is 0 Å². The highest BCUT2D eigenvalue weighted by atomic mass is 32.2. The first-order valence-corrected chi connectivity index (χ1v) is 11.6. The van der Waals surface area contributed by atoms with Crippen LogP contribution < -0.4 is 5.32 Å². The van der Waals surface area contributed by atoms with Crippen molar-refractivity contribution in [3.8, 4) is 0 Å². The number of hydrogen-bond acceptors (Lipinski definition) is 7. The number of hydrogen-bond donors (Lipinski definition) is 1. The van der Waals surface area contributed by atoms with E-state index in [1.807, 2.05) is 6.07 Å². The number of anilines is 1. The fourth-order valence-electron chi connectivity index (χ4n) is 2.65. The second kappa shape index (κ2) is 9.15. The molecule has 29 heavy (non-hydrogen) atoms. The van der Waals surface area contributed by atoms with Crippen LogP contribution in [0.2, 0.25) is 0 Å². The normalized spacial score (nSPS) is 11.3. The van der Waals surface area contributed by atoms with E-state index in [9.17, 15) is 18.0 Å². The van der Waals surface area contributed by atoms with Crippen molar-refractivity contribution in [2.75, 3.05) is 17.7 Å². The third-order valence-corrected chi connectivity index (χ3v) is 6.55. The second-order valence-electron chi connectivity index (χ2n) is 6.30. The van der Waals surface area contributed by atoms with Crippen LogP contribution in [0.15, 0.2) is 48.5 Å². The molecule has 1 heterocycles. The SMILES string of the molecule is CCOC(=O)c1ccc2nc(NC(=O)CCS(=O)(=O)Cc3ccccc3)sc2c1. The van der Waals surface area contributed by atoms with Gasteiger partial charge >= 0.3 is 5.97 Å². The Balaban J connectivity index is 1.60. The van der Waals surface area contributed by atoms with Gasteiger partial charge in [0, 0.05) is 6.42 Å². The highest BCUT2D eigenvalue weighted by Gasteiger charge is 2.16. The van der Waals surface area contributed by atoms with Crippen molar-refractivity contribution in [1.82, 2.24) is 4.98 Å². The molecule has 0 atom stereocenters. The number of thiazole rings is 1. The van der Waals surface area contributed by atoms with Crippen LogP contribution in [-0.2, 0) is 25.1 Å². The van der Waals surface area contributed by atoms with Gasteiger partial charge in [0.05, 0.1) is 33.9 Å². The molecule has 3 rings (SSSR count). The number of carbonyl (C=O) groups excluding carboxylic acids is 2. The summed E-state index contributed by atoms with van der Waals surface area (Å²) in [5, 5.41) is 2.98. The zero-order chi connectivity index (χ0) is 20.9. The van der Waals surface area contributed by atoms with Crippen molar-refractivity contribution in [3.63, 3.8) is 0 Å². The van der Waals surface area contributed by atoms with Crippen molar-refractivity contribution >= 4 is 48.4 Å². The molecule has 2 aromatic carbocycles. The van der Waals surface area contributed by atoms with E-state index in [0.717, 1.165) is 4.70 Å². The minimum Gasteiger partial charge on any atom is -0.462 e. The molecule has 0 aliphatic heterocycles. The molecule has 0 saturated carbocycles. The number of amides is 1. The Morgan fingerprint density at radius 2 is 1.90 bits per heavy atom. The lowest BCUT2D eigenvalue weighted by Crippen LogP contribution is -2.18. The Hall–Kier alpha value is -2.78. The van der Waals surface area contributed by atoms with Gasteiger partial charge in [-0.05, 0) is 30.7 Å². The first-order chi connectivity index (χ1) is 13.9. The summed E-state index contributed by atoms with van der Waals surface area (Å²) in [6.45, 7) is 2.02. The molecular formula is C20H20N2O5S2. The molecular weight excluding hydrogens is 412 g/mol. The van der Waals surface area contributed by atoms with E-state index < -0.39 is 21.7 Å². The molecule has 3 aromatic rings. The van der Waals surface area contributed by atoms with Crippen LogP contribution in [-0.4, -0.2) is 37.6 Å². The van der Waals surface area contributed by atoms with Crippen LogP contribution in [0.5, 0.6) is 0 Å². The van der Waals surface area contributed by atoms with Gasteiger partial charge in [0.1, 0.15) is 0 Å². The number of esters is 1. The summed E-state index contributed by atoms with van der Waals surface area (Å²) in [6.07, 6.45) is -0.154. The van der Waals surface area contributed by atoms with Crippen LogP contribution in [0.25, 0.3) is 10.2 Å². The predicted molar refractivity (Wildman–Crippen MR) is 113 cm³/mol. The van der Waals surface area contributed by atoms with Gasteiger partial charge in [-0.1, -0.05) is 41.7 Å². The summed E-state index contributed by atoms with van der Waals surface area (Å²) in [4.78, 5) is 28.3. The number of fused-ring (bicyclic) bond motifs is 1. The van der Waals surface area contributed by atoms with Crippen LogP contribution in [0.4, 0.5) is 5.13 Å². The van der Waals surface area contributed by atoms with Gasteiger partial charge < -0.3 is 10.1 Å². The van der Waals surface area contributed by atoms with E-state index in [-0.39, 0.29) is 24.5 Å². The number of aromatic nitrogens is 1. The zero-order valence-corrected chi connectivity index (χ0v) is 17.4. The fourth-order valence-corrected chi connectivity index (χ4v) is 4.91. The number of sulfone groups is 1. The molecule has 0 fully saturated rings. The summed E-state index contributed by atoms with van der Waals surface area (Å²) in [5.41, 5.74) is 1.74. The second-order valence-corrected chi connectivity index (χ2v) is 9.51. The molecule has 9 heteroatoms. The molecule has 0 bridgehead atoms. The van der Waals surface area contributed by atoms with Crippen molar-refractivity contribution < 1.29 is 22.7 Å². The Bertz CT molecular complexity index is 1120. The minimum absolute atomic E-state index is 0.0983. The standard InChI is InChI=1S/C20H20N2O5S2/c1-2-27-19(24)15-8-9-16-17(12-15)28-20(21-16)22-18(23)10-11-29(25,26)13-14-6-4-3-5-7-14/h3-9,12H,2,10-11,13H2,1H3,(H,21,22,23). The van der Waals surface area contributed by atoms with Crippen LogP contribution in [0.1, 0.15) is 29.3 Å². The van der Waals surface area contributed by atoms with Crippen molar-refractivity contribution in [2.24, 2.45) is 0 Å². The third kappa shape index (κ3) is 5.85. The molecule has 152 valence electrons. The van der Waals surface area contributed by atoms with Gasteiger partial charge in [-0.2, -0.15) is 0 Å². The van der Waals surface area contributed by atoms with E-state index in [1.54, 1.807) is 49.4 Å². The highest BCUT2D eigenvalue weighted by molar-refractivity contribution is 7.90. The quantitative estimate of drug-likeness (QED) is 0.547. The predicted octanol–water partition coefficient (Wildman–Crippen LogP) is 3.42. The first kappa shape index (κ1) is 20.9. The van der Waals surface area contributed by atoms with Gasteiger partial charge in [-0.3, -0.25) is 4.79 Å². The molecule has 0 saturated heterocycles. The molecule has 0 unspecified atom stereocenters. The van der Waals surface area contributed by atoms with Crippen molar-refractivity contribution in [3.05, 3.63) is 59.7 Å². The molecule has 0 aliphatic carbocycles. The van der Waals surface area contributed by atoms with Gasteiger partial charge in [0.15, 0.2) is 15.0 Å². The Labute approximate surface area is 172 Å². The summed E-state index contributed by atoms with van der Waals surface area (Å²) >= 11 is 1.21. The molecule has 0 spiro atoms. The topological polar surface area (TPSA) is 102 Å². The molecule has 7 nitrogen and oxygen atoms in total. The molecule has 0 radical (unpaired) electrons. The number of benzene rings is 2. The first-order valence-electron chi connectivity index (χ1n) is 8.98. The lowest BCUT2D eigenvalue weighted by Gasteiger charge is -2.04. The smallest absolute Gasteiger partial charge is 0.338 e. The molecule has 1 N–H and O–H groups in total. The van der Waals surface area contributed by atoms with Crippen LogP contribution in [0, 0.1) is 0 Å². The maximum Gasteiger partial charge on any atom is 0.338 e. The molecule has 1 aromatic heterocycles. The highest BCUT2D eigenvalue weighted by Crippen LogP contribution is 2.27. The van der Waals surface area contributed by atoms with E-state index in [0.29, 0.717) is 21.8 Å².